The number of rotatable bonds is 5. The first-order valence-electron chi connectivity index (χ1n) is 7.62. The second kappa shape index (κ2) is 7.60. The van der Waals surface area contributed by atoms with Crippen molar-refractivity contribution >= 4 is 22.4 Å². The van der Waals surface area contributed by atoms with Crippen molar-refractivity contribution in [2.75, 3.05) is 5.32 Å². The van der Waals surface area contributed by atoms with Crippen LogP contribution < -0.4 is 10.1 Å². The van der Waals surface area contributed by atoms with Gasteiger partial charge in [0, 0.05) is 0 Å². The zero-order valence-corrected chi connectivity index (χ0v) is 14.3. The van der Waals surface area contributed by atoms with Crippen LogP contribution in [0.3, 0.4) is 0 Å². The van der Waals surface area contributed by atoms with Gasteiger partial charge in [0.25, 0.3) is 0 Å². The number of carbonyl (C=O) groups is 1. The van der Waals surface area contributed by atoms with Gasteiger partial charge < -0.3 is 10.1 Å². The molecule has 5 nitrogen and oxygen atoms in total. The molecule has 0 spiro atoms. The zero-order chi connectivity index (χ0) is 17.6. The lowest BCUT2D eigenvalue weighted by Crippen LogP contribution is -2.13. The molecule has 25 heavy (non-hydrogen) atoms. The normalized spacial score (nSPS) is 10.1. The van der Waals surface area contributed by atoms with Crippen molar-refractivity contribution in [2.24, 2.45) is 0 Å². The maximum Gasteiger partial charge on any atom is 0.229 e. The molecule has 1 N–H and O–H groups in total. The number of nitriles is 1. The van der Waals surface area contributed by atoms with Gasteiger partial charge in [-0.3, -0.25) is 4.79 Å². The number of ether oxygens (including phenoxy) is 1. The number of benzene rings is 2. The van der Waals surface area contributed by atoms with Crippen LogP contribution in [0.2, 0.25) is 0 Å². The first kappa shape index (κ1) is 16.7. The van der Waals surface area contributed by atoms with E-state index in [1.54, 1.807) is 24.3 Å². The zero-order valence-electron chi connectivity index (χ0n) is 13.5. The van der Waals surface area contributed by atoms with Crippen LogP contribution in [0.1, 0.15) is 16.8 Å². The smallest absolute Gasteiger partial charge is 0.229 e. The van der Waals surface area contributed by atoms with Crippen LogP contribution in [0.5, 0.6) is 11.5 Å². The van der Waals surface area contributed by atoms with Crippen molar-refractivity contribution < 1.29 is 9.53 Å². The topological polar surface area (TPSA) is 75.0 Å². The van der Waals surface area contributed by atoms with Gasteiger partial charge in [-0.05, 0) is 66.5 Å². The van der Waals surface area contributed by atoms with Crippen LogP contribution in [0.4, 0.5) is 5.00 Å². The van der Waals surface area contributed by atoms with Gasteiger partial charge in [0.2, 0.25) is 5.91 Å². The summed E-state index contributed by atoms with van der Waals surface area (Å²) in [5.74, 6) is 1.25. The van der Waals surface area contributed by atoms with E-state index in [2.05, 4.69) is 15.8 Å². The fourth-order valence-electron chi connectivity index (χ4n) is 2.20. The van der Waals surface area contributed by atoms with Gasteiger partial charge >= 0.3 is 0 Å². The van der Waals surface area contributed by atoms with Gasteiger partial charge in [-0.15, -0.1) is 0 Å². The summed E-state index contributed by atoms with van der Waals surface area (Å²) >= 11 is 1.27. The fourth-order valence-corrected chi connectivity index (χ4v) is 2.88. The van der Waals surface area contributed by atoms with Crippen LogP contribution in [0.15, 0.2) is 54.6 Å². The molecule has 0 radical (unpaired) electrons. The van der Waals surface area contributed by atoms with E-state index in [0.29, 0.717) is 17.1 Å². The molecular weight excluding hydrogens is 334 g/mol. The lowest BCUT2D eigenvalue weighted by Gasteiger charge is -2.07. The number of nitrogens with one attached hydrogen (secondary N) is 1. The van der Waals surface area contributed by atoms with Crippen LogP contribution >= 0.6 is 11.5 Å². The Hall–Kier alpha value is -3.17. The molecule has 2 aromatic carbocycles. The van der Waals surface area contributed by atoms with Crippen molar-refractivity contribution in [3.05, 3.63) is 71.4 Å². The van der Waals surface area contributed by atoms with Crippen LogP contribution in [-0.4, -0.2) is 10.3 Å². The Kier molecular flexibility index (Phi) is 5.07. The number of hydrogen-bond donors (Lipinski definition) is 1. The molecule has 0 atom stereocenters. The molecule has 1 aromatic heterocycles. The molecule has 1 amide bonds. The quantitative estimate of drug-likeness (QED) is 0.745. The third-order valence-electron chi connectivity index (χ3n) is 3.40. The minimum absolute atomic E-state index is 0.0792. The Morgan fingerprint density at radius 1 is 1.16 bits per heavy atom. The second-order valence-corrected chi connectivity index (χ2v) is 6.24. The van der Waals surface area contributed by atoms with Crippen molar-refractivity contribution in [1.82, 2.24) is 4.37 Å². The number of hydrogen-bond acceptors (Lipinski definition) is 5. The third kappa shape index (κ3) is 4.66. The van der Waals surface area contributed by atoms with Gasteiger partial charge in [-0.25, -0.2) is 0 Å². The van der Waals surface area contributed by atoms with Gasteiger partial charge in [0.15, 0.2) is 0 Å². The maximum absolute atomic E-state index is 12.0. The molecule has 0 unspecified atom stereocenters. The average molecular weight is 349 g/mol. The van der Waals surface area contributed by atoms with E-state index in [9.17, 15) is 4.79 Å². The first-order chi connectivity index (χ1) is 12.1. The Morgan fingerprint density at radius 3 is 2.36 bits per heavy atom. The summed E-state index contributed by atoms with van der Waals surface area (Å²) in [5, 5.41) is 12.4. The molecule has 0 bridgehead atoms. The van der Waals surface area contributed by atoms with Gasteiger partial charge in [-0.2, -0.15) is 9.64 Å². The standard InChI is InChI=1S/C19H15N3O2S/c1-13-10-19(25-22-13)21-18(23)11-14-2-6-16(7-3-14)24-17-8-4-15(12-20)5-9-17/h2-10H,11H2,1H3,(H,21,23). The number of carbonyl (C=O) groups excluding carboxylic acids is 1. The molecule has 0 saturated carbocycles. The molecule has 1 heterocycles. The SMILES string of the molecule is Cc1cc(NC(=O)Cc2ccc(Oc3ccc(C#N)cc3)cc2)sn1. The Morgan fingerprint density at radius 2 is 1.80 bits per heavy atom. The van der Waals surface area contributed by atoms with Crippen LogP contribution in [0, 0.1) is 18.3 Å². The lowest BCUT2D eigenvalue weighted by molar-refractivity contribution is -0.115. The molecular formula is C19H15N3O2S. The number of nitrogens with zero attached hydrogens (tertiary/aromatic N) is 2. The highest BCUT2D eigenvalue weighted by Gasteiger charge is 2.07. The number of anilines is 1. The van der Waals surface area contributed by atoms with Crippen LogP contribution in [-0.2, 0) is 11.2 Å². The Labute approximate surface area is 149 Å². The number of aromatic nitrogens is 1. The van der Waals surface area contributed by atoms with E-state index in [4.69, 9.17) is 10.00 Å². The minimum atomic E-state index is -0.0792. The third-order valence-corrected chi connectivity index (χ3v) is 4.19. The largest absolute Gasteiger partial charge is 0.457 e. The summed E-state index contributed by atoms with van der Waals surface area (Å²) in [6.07, 6.45) is 0.286. The van der Waals surface area contributed by atoms with Gasteiger partial charge in [0.1, 0.15) is 16.5 Å². The lowest BCUT2D eigenvalue weighted by atomic mass is 10.1. The summed E-state index contributed by atoms with van der Waals surface area (Å²) < 4.78 is 9.85. The molecule has 0 aliphatic heterocycles. The summed E-state index contributed by atoms with van der Waals surface area (Å²) in [7, 11) is 0. The molecule has 0 fully saturated rings. The first-order valence-corrected chi connectivity index (χ1v) is 8.40. The van der Waals surface area contributed by atoms with E-state index in [1.165, 1.54) is 11.5 Å². The van der Waals surface area contributed by atoms with Crippen molar-refractivity contribution in [3.63, 3.8) is 0 Å². The predicted molar refractivity (Wildman–Crippen MR) is 96.9 cm³/mol. The fraction of sp³-hybridized carbons (Fsp3) is 0.105. The number of aryl methyl sites for hydroxylation is 1. The average Bonchev–Trinajstić information content (AvgIpc) is 3.02. The Balaban J connectivity index is 1.57. The predicted octanol–water partition coefficient (Wildman–Crippen LogP) is 4.30. The van der Waals surface area contributed by atoms with E-state index in [0.717, 1.165) is 16.3 Å². The highest BCUT2D eigenvalue weighted by Crippen LogP contribution is 2.22. The second-order valence-electron chi connectivity index (χ2n) is 5.44. The summed E-state index contributed by atoms with van der Waals surface area (Å²) in [6.45, 7) is 1.89. The van der Waals surface area contributed by atoms with E-state index in [-0.39, 0.29) is 12.3 Å². The molecule has 0 aliphatic rings. The molecule has 0 aliphatic carbocycles. The van der Waals surface area contributed by atoms with Crippen molar-refractivity contribution in [3.8, 4) is 17.6 Å². The summed E-state index contributed by atoms with van der Waals surface area (Å²) in [4.78, 5) is 12.0. The molecule has 3 aromatic rings. The molecule has 6 heteroatoms. The highest BCUT2D eigenvalue weighted by molar-refractivity contribution is 7.10. The van der Waals surface area contributed by atoms with Gasteiger partial charge in [0.05, 0.1) is 23.7 Å². The highest BCUT2D eigenvalue weighted by atomic mass is 32.1. The minimum Gasteiger partial charge on any atom is -0.457 e. The van der Waals surface area contributed by atoms with Crippen molar-refractivity contribution in [2.45, 2.75) is 13.3 Å². The summed E-state index contributed by atoms with van der Waals surface area (Å²) in [6, 6.07) is 18.2. The monoisotopic (exact) mass is 349 g/mol. The molecule has 3 rings (SSSR count). The van der Waals surface area contributed by atoms with Crippen molar-refractivity contribution in [1.29, 1.82) is 5.26 Å². The Bertz CT molecular complexity index is 909. The van der Waals surface area contributed by atoms with Crippen LogP contribution in [0.25, 0.3) is 0 Å². The molecule has 0 saturated heterocycles. The van der Waals surface area contributed by atoms with E-state index >= 15 is 0 Å². The molecule has 124 valence electrons. The van der Waals surface area contributed by atoms with Gasteiger partial charge in [-0.1, -0.05) is 12.1 Å². The summed E-state index contributed by atoms with van der Waals surface area (Å²) in [5.41, 5.74) is 2.38. The van der Waals surface area contributed by atoms with E-state index < -0.39 is 0 Å². The number of amides is 1. The maximum atomic E-state index is 12.0. The van der Waals surface area contributed by atoms with E-state index in [1.807, 2.05) is 37.3 Å².